The molecule has 0 radical (unpaired) electrons. The first-order valence-corrected chi connectivity index (χ1v) is 7.24. The molecular formula is C15H16FNO2S. The largest absolute Gasteiger partial charge is 0.467 e. The summed E-state index contributed by atoms with van der Waals surface area (Å²) in [5.41, 5.74) is 0. The zero-order valence-corrected chi connectivity index (χ0v) is 12.2. The van der Waals surface area contributed by atoms with Crippen LogP contribution in [0.3, 0.4) is 0 Å². The number of thioether (sulfide) groups is 1. The summed E-state index contributed by atoms with van der Waals surface area (Å²) < 4.78 is 18.1. The van der Waals surface area contributed by atoms with Crippen molar-refractivity contribution in [2.24, 2.45) is 0 Å². The molecule has 1 heterocycles. The number of benzene rings is 1. The normalized spacial score (nSPS) is 12.2. The molecule has 0 bridgehead atoms. The fourth-order valence-electron chi connectivity index (χ4n) is 1.71. The third-order valence-electron chi connectivity index (χ3n) is 3.11. The standard InChI is InChI=1S/C15H16FNO2S/c1-11(14-4-3-9-19-14)17(2)15(18)10-20-13-7-5-12(16)6-8-13/h3-9,11H,10H2,1-2H3. The average Bonchev–Trinajstić information content (AvgIpc) is 2.99. The van der Waals surface area contributed by atoms with Crippen LogP contribution in [-0.4, -0.2) is 23.6 Å². The third kappa shape index (κ3) is 3.63. The Labute approximate surface area is 121 Å². The second-order valence-corrected chi connectivity index (χ2v) is 5.49. The average molecular weight is 293 g/mol. The zero-order valence-electron chi connectivity index (χ0n) is 11.4. The smallest absolute Gasteiger partial charge is 0.233 e. The highest BCUT2D eigenvalue weighted by atomic mass is 32.2. The lowest BCUT2D eigenvalue weighted by Crippen LogP contribution is -2.30. The summed E-state index contributed by atoms with van der Waals surface area (Å²) in [4.78, 5) is 14.6. The minimum absolute atomic E-state index is 0.00299. The van der Waals surface area contributed by atoms with Gasteiger partial charge in [0, 0.05) is 11.9 Å². The van der Waals surface area contributed by atoms with Gasteiger partial charge in [0.2, 0.25) is 5.91 Å². The first-order valence-electron chi connectivity index (χ1n) is 6.25. The van der Waals surface area contributed by atoms with Crippen molar-refractivity contribution in [1.29, 1.82) is 0 Å². The second-order valence-electron chi connectivity index (χ2n) is 4.44. The zero-order chi connectivity index (χ0) is 14.5. The Morgan fingerprint density at radius 1 is 1.35 bits per heavy atom. The van der Waals surface area contributed by atoms with Crippen molar-refractivity contribution in [1.82, 2.24) is 4.90 Å². The molecular weight excluding hydrogens is 277 g/mol. The van der Waals surface area contributed by atoms with Gasteiger partial charge in [0.05, 0.1) is 18.1 Å². The van der Waals surface area contributed by atoms with Gasteiger partial charge in [0.15, 0.2) is 0 Å². The van der Waals surface area contributed by atoms with E-state index >= 15 is 0 Å². The van der Waals surface area contributed by atoms with E-state index in [4.69, 9.17) is 4.42 Å². The van der Waals surface area contributed by atoms with E-state index in [0.29, 0.717) is 5.75 Å². The molecule has 0 N–H and O–H groups in total. The van der Waals surface area contributed by atoms with Crippen LogP contribution < -0.4 is 0 Å². The number of rotatable bonds is 5. The highest BCUT2D eigenvalue weighted by Crippen LogP contribution is 2.22. The van der Waals surface area contributed by atoms with Gasteiger partial charge in [0.1, 0.15) is 11.6 Å². The van der Waals surface area contributed by atoms with E-state index in [2.05, 4.69) is 0 Å². The van der Waals surface area contributed by atoms with Crippen LogP contribution in [0.4, 0.5) is 4.39 Å². The monoisotopic (exact) mass is 293 g/mol. The number of carbonyl (C=O) groups excluding carboxylic acids is 1. The number of hydrogen-bond donors (Lipinski definition) is 0. The van der Waals surface area contributed by atoms with Gasteiger partial charge in [0.25, 0.3) is 0 Å². The molecule has 1 atom stereocenters. The molecule has 0 saturated heterocycles. The van der Waals surface area contributed by atoms with Crippen LogP contribution in [0.2, 0.25) is 0 Å². The SMILES string of the molecule is CC(c1ccco1)N(C)C(=O)CSc1ccc(F)cc1. The van der Waals surface area contributed by atoms with Crippen LogP contribution in [-0.2, 0) is 4.79 Å². The lowest BCUT2D eigenvalue weighted by Gasteiger charge is -2.23. The summed E-state index contributed by atoms with van der Waals surface area (Å²) in [5, 5.41) is 0. The van der Waals surface area contributed by atoms with E-state index < -0.39 is 0 Å². The van der Waals surface area contributed by atoms with E-state index in [1.54, 1.807) is 36.4 Å². The molecule has 3 nitrogen and oxygen atoms in total. The minimum Gasteiger partial charge on any atom is -0.467 e. The molecule has 0 aliphatic heterocycles. The Morgan fingerprint density at radius 2 is 2.05 bits per heavy atom. The molecule has 2 aromatic rings. The fourth-order valence-corrected chi connectivity index (χ4v) is 2.54. The maximum absolute atomic E-state index is 12.8. The molecule has 106 valence electrons. The lowest BCUT2D eigenvalue weighted by atomic mass is 10.2. The maximum atomic E-state index is 12.8. The van der Waals surface area contributed by atoms with E-state index in [0.717, 1.165) is 10.7 Å². The van der Waals surface area contributed by atoms with Gasteiger partial charge >= 0.3 is 0 Å². The Kier molecular flexibility index (Phi) is 4.84. The molecule has 0 aliphatic carbocycles. The van der Waals surface area contributed by atoms with Crippen molar-refractivity contribution < 1.29 is 13.6 Å². The maximum Gasteiger partial charge on any atom is 0.233 e. The van der Waals surface area contributed by atoms with Gasteiger partial charge in [-0.25, -0.2) is 4.39 Å². The van der Waals surface area contributed by atoms with E-state index in [9.17, 15) is 9.18 Å². The topological polar surface area (TPSA) is 33.5 Å². The molecule has 20 heavy (non-hydrogen) atoms. The molecule has 0 spiro atoms. The Hall–Kier alpha value is -1.75. The van der Waals surface area contributed by atoms with Gasteiger partial charge in [-0.2, -0.15) is 0 Å². The number of amides is 1. The fraction of sp³-hybridized carbons (Fsp3) is 0.267. The number of hydrogen-bond acceptors (Lipinski definition) is 3. The Balaban J connectivity index is 1.89. The Bertz CT molecular complexity index is 554. The molecule has 1 aromatic carbocycles. The third-order valence-corrected chi connectivity index (χ3v) is 4.10. The summed E-state index contributed by atoms with van der Waals surface area (Å²) >= 11 is 1.39. The predicted molar refractivity (Wildman–Crippen MR) is 77.0 cm³/mol. The van der Waals surface area contributed by atoms with E-state index in [1.165, 1.54) is 23.9 Å². The summed E-state index contributed by atoms with van der Waals surface area (Å²) in [6.07, 6.45) is 1.59. The first-order chi connectivity index (χ1) is 9.58. The van der Waals surface area contributed by atoms with Gasteiger partial charge < -0.3 is 9.32 Å². The van der Waals surface area contributed by atoms with Gasteiger partial charge in [-0.3, -0.25) is 4.79 Å². The van der Waals surface area contributed by atoms with Crippen molar-refractivity contribution in [3.63, 3.8) is 0 Å². The van der Waals surface area contributed by atoms with Gasteiger partial charge in [-0.15, -0.1) is 11.8 Å². The first kappa shape index (κ1) is 14.7. The van der Waals surface area contributed by atoms with Crippen molar-refractivity contribution in [3.8, 4) is 0 Å². The predicted octanol–water partition coefficient (Wildman–Crippen LogP) is 3.73. The lowest BCUT2D eigenvalue weighted by molar-refractivity contribution is -0.129. The molecule has 0 aliphatic rings. The van der Waals surface area contributed by atoms with Crippen LogP contribution in [0, 0.1) is 5.82 Å². The summed E-state index contributed by atoms with van der Waals surface area (Å²) in [5.74, 6) is 0.799. The number of furan rings is 1. The summed E-state index contributed by atoms with van der Waals surface area (Å²) in [6, 6.07) is 9.67. The molecule has 5 heteroatoms. The van der Waals surface area contributed by atoms with Crippen LogP contribution >= 0.6 is 11.8 Å². The van der Waals surface area contributed by atoms with Crippen molar-refractivity contribution in [3.05, 3.63) is 54.2 Å². The summed E-state index contributed by atoms with van der Waals surface area (Å²) in [6.45, 7) is 1.92. The highest BCUT2D eigenvalue weighted by Gasteiger charge is 2.19. The number of halogens is 1. The second kappa shape index (κ2) is 6.61. The van der Waals surface area contributed by atoms with Crippen LogP contribution in [0.25, 0.3) is 0 Å². The molecule has 1 amide bonds. The van der Waals surface area contributed by atoms with Gasteiger partial charge in [-0.05, 0) is 43.3 Å². The van der Waals surface area contributed by atoms with Gasteiger partial charge in [-0.1, -0.05) is 0 Å². The van der Waals surface area contributed by atoms with Crippen LogP contribution in [0.1, 0.15) is 18.7 Å². The van der Waals surface area contributed by atoms with E-state index in [-0.39, 0.29) is 17.8 Å². The van der Waals surface area contributed by atoms with Crippen molar-refractivity contribution in [2.45, 2.75) is 17.9 Å². The molecule has 2 rings (SSSR count). The minimum atomic E-state index is -0.274. The van der Waals surface area contributed by atoms with E-state index in [1.807, 2.05) is 13.0 Å². The molecule has 0 fully saturated rings. The number of nitrogens with zero attached hydrogens (tertiary/aromatic N) is 1. The molecule has 1 aromatic heterocycles. The molecule has 0 saturated carbocycles. The summed E-state index contributed by atoms with van der Waals surface area (Å²) in [7, 11) is 1.75. The quantitative estimate of drug-likeness (QED) is 0.788. The van der Waals surface area contributed by atoms with Crippen LogP contribution in [0.15, 0.2) is 52.0 Å². The van der Waals surface area contributed by atoms with Crippen molar-refractivity contribution in [2.75, 3.05) is 12.8 Å². The Morgan fingerprint density at radius 3 is 2.65 bits per heavy atom. The highest BCUT2D eigenvalue weighted by molar-refractivity contribution is 8.00. The number of carbonyl (C=O) groups is 1. The van der Waals surface area contributed by atoms with Crippen molar-refractivity contribution >= 4 is 17.7 Å². The van der Waals surface area contributed by atoms with Crippen LogP contribution in [0.5, 0.6) is 0 Å². The molecule has 1 unspecified atom stereocenters.